The zero-order valence-corrected chi connectivity index (χ0v) is 9.12. The lowest BCUT2D eigenvalue weighted by atomic mass is 10.1. The lowest BCUT2D eigenvalue weighted by molar-refractivity contribution is -0.134. The Bertz CT molecular complexity index is 319. The highest BCUT2D eigenvalue weighted by Crippen LogP contribution is 2.03. The molecule has 0 heterocycles. The molecule has 3 heteroatoms. The van der Waals surface area contributed by atoms with Crippen LogP contribution in [0.1, 0.15) is 6.92 Å². The summed E-state index contributed by atoms with van der Waals surface area (Å²) in [5.74, 6) is -0.394. The predicted molar refractivity (Wildman–Crippen MR) is 60.9 cm³/mol. The SMILES string of the molecule is C=CC(=O)OC.C=CC(C)=C(C#N)C=C. The molecule has 0 aliphatic carbocycles. The summed E-state index contributed by atoms with van der Waals surface area (Å²) in [6.45, 7) is 12.0. The maximum atomic E-state index is 9.84. The van der Waals surface area contributed by atoms with Crippen LogP contribution in [0.3, 0.4) is 0 Å². The molecule has 3 nitrogen and oxygen atoms in total. The van der Waals surface area contributed by atoms with Gasteiger partial charge in [0, 0.05) is 6.08 Å². The van der Waals surface area contributed by atoms with Crippen molar-refractivity contribution in [3.05, 3.63) is 49.1 Å². The van der Waals surface area contributed by atoms with Crippen LogP contribution in [0.5, 0.6) is 0 Å². The van der Waals surface area contributed by atoms with E-state index in [1.807, 2.05) is 13.0 Å². The smallest absolute Gasteiger partial charge is 0.329 e. The second-order valence-electron chi connectivity index (χ2n) is 2.34. The van der Waals surface area contributed by atoms with Gasteiger partial charge in [0.2, 0.25) is 0 Å². The Morgan fingerprint density at radius 3 is 1.87 bits per heavy atom. The molecule has 0 rings (SSSR count). The number of esters is 1. The maximum absolute atomic E-state index is 9.84. The van der Waals surface area contributed by atoms with Crippen LogP contribution in [0, 0.1) is 11.3 Å². The minimum absolute atomic E-state index is 0.394. The van der Waals surface area contributed by atoms with Crippen LogP contribution in [0.4, 0.5) is 0 Å². The number of hydrogen-bond acceptors (Lipinski definition) is 3. The van der Waals surface area contributed by atoms with Gasteiger partial charge in [-0.2, -0.15) is 5.26 Å². The molecule has 0 N–H and O–H groups in total. The van der Waals surface area contributed by atoms with Crippen molar-refractivity contribution in [1.82, 2.24) is 0 Å². The van der Waals surface area contributed by atoms with Gasteiger partial charge in [0.05, 0.1) is 18.8 Å². The molecule has 0 atom stereocenters. The quantitative estimate of drug-likeness (QED) is 0.308. The molecule has 0 aliphatic rings. The highest BCUT2D eigenvalue weighted by molar-refractivity contribution is 5.80. The Labute approximate surface area is 90.7 Å². The molecule has 0 aromatic heterocycles. The molecule has 0 aromatic carbocycles. The van der Waals surface area contributed by atoms with Crippen LogP contribution in [0.15, 0.2) is 49.1 Å². The van der Waals surface area contributed by atoms with Crippen LogP contribution in [-0.2, 0) is 9.53 Å². The van der Waals surface area contributed by atoms with Gasteiger partial charge in [-0.05, 0) is 12.5 Å². The fraction of sp³-hybridized carbons (Fsp3) is 0.167. The fourth-order valence-corrected chi connectivity index (χ4v) is 0.488. The highest BCUT2D eigenvalue weighted by Gasteiger charge is 1.89. The van der Waals surface area contributed by atoms with E-state index in [4.69, 9.17) is 5.26 Å². The predicted octanol–water partition coefficient (Wildman–Crippen LogP) is 2.54. The third kappa shape index (κ3) is 8.26. The topological polar surface area (TPSA) is 50.1 Å². The van der Waals surface area contributed by atoms with Gasteiger partial charge in [0.15, 0.2) is 0 Å². The molecule has 0 saturated heterocycles. The molecular formula is C12H15NO2. The summed E-state index contributed by atoms with van der Waals surface area (Å²) in [5.41, 5.74) is 1.46. The lowest BCUT2D eigenvalue weighted by Gasteiger charge is -1.89. The van der Waals surface area contributed by atoms with Gasteiger partial charge in [0.25, 0.3) is 0 Å². The van der Waals surface area contributed by atoms with Crippen molar-refractivity contribution in [1.29, 1.82) is 5.26 Å². The van der Waals surface area contributed by atoms with Gasteiger partial charge >= 0.3 is 5.97 Å². The van der Waals surface area contributed by atoms with E-state index >= 15 is 0 Å². The lowest BCUT2D eigenvalue weighted by Crippen LogP contribution is -1.91. The molecular weight excluding hydrogens is 190 g/mol. The van der Waals surface area contributed by atoms with Crippen LogP contribution in [0.2, 0.25) is 0 Å². The van der Waals surface area contributed by atoms with Crippen molar-refractivity contribution < 1.29 is 9.53 Å². The second-order valence-corrected chi connectivity index (χ2v) is 2.34. The number of carbonyl (C=O) groups excluding carboxylic acids is 1. The number of hydrogen-bond donors (Lipinski definition) is 0. The Morgan fingerprint density at radius 2 is 1.80 bits per heavy atom. The van der Waals surface area contributed by atoms with E-state index in [2.05, 4.69) is 24.5 Å². The first kappa shape index (κ1) is 15.4. The van der Waals surface area contributed by atoms with Gasteiger partial charge in [-0.15, -0.1) is 0 Å². The Balaban J connectivity index is 0. The van der Waals surface area contributed by atoms with Crippen LogP contribution >= 0.6 is 0 Å². The van der Waals surface area contributed by atoms with E-state index in [-0.39, 0.29) is 0 Å². The highest BCUT2D eigenvalue weighted by atomic mass is 16.5. The molecule has 0 unspecified atom stereocenters. The summed E-state index contributed by atoms with van der Waals surface area (Å²) in [7, 11) is 1.31. The number of nitrogens with zero attached hydrogens (tertiary/aromatic N) is 1. The number of ether oxygens (including phenoxy) is 1. The second kappa shape index (κ2) is 10.0. The first-order valence-electron chi connectivity index (χ1n) is 4.13. The van der Waals surface area contributed by atoms with Gasteiger partial charge in [-0.1, -0.05) is 31.9 Å². The van der Waals surface area contributed by atoms with Gasteiger partial charge in [0.1, 0.15) is 0 Å². The number of nitriles is 1. The summed E-state index contributed by atoms with van der Waals surface area (Å²) >= 11 is 0. The van der Waals surface area contributed by atoms with Crippen LogP contribution in [0.25, 0.3) is 0 Å². The van der Waals surface area contributed by atoms with E-state index in [0.717, 1.165) is 11.6 Å². The minimum atomic E-state index is -0.394. The average molecular weight is 205 g/mol. The van der Waals surface area contributed by atoms with Gasteiger partial charge in [-0.25, -0.2) is 4.79 Å². The van der Waals surface area contributed by atoms with Gasteiger partial charge in [-0.3, -0.25) is 0 Å². The van der Waals surface area contributed by atoms with Gasteiger partial charge < -0.3 is 4.74 Å². The molecule has 0 fully saturated rings. The molecule has 0 aromatic rings. The van der Waals surface area contributed by atoms with Crippen molar-refractivity contribution in [2.75, 3.05) is 7.11 Å². The monoisotopic (exact) mass is 205 g/mol. The molecule has 0 aliphatic heterocycles. The van der Waals surface area contributed by atoms with E-state index in [9.17, 15) is 4.79 Å². The van der Waals surface area contributed by atoms with Crippen LogP contribution in [-0.4, -0.2) is 13.1 Å². The third-order valence-electron chi connectivity index (χ3n) is 1.42. The number of rotatable bonds is 3. The largest absolute Gasteiger partial charge is 0.466 e. The molecule has 0 amide bonds. The summed E-state index contributed by atoms with van der Waals surface area (Å²) in [6, 6.07) is 1.99. The maximum Gasteiger partial charge on any atom is 0.329 e. The Kier molecular flexibility index (Phi) is 10.3. The summed E-state index contributed by atoms with van der Waals surface area (Å²) in [5, 5.41) is 8.40. The van der Waals surface area contributed by atoms with Crippen molar-refractivity contribution in [2.24, 2.45) is 0 Å². The fourth-order valence-electron chi connectivity index (χ4n) is 0.488. The molecule has 0 saturated carbocycles. The number of methoxy groups -OCH3 is 1. The van der Waals surface area contributed by atoms with Crippen molar-refractivity contribution in [3.8, 4) is 6.07 Å². The molecule has 15 heavy (non-hydrogen) atoms. The van der Waals surface area contributed by atoms with E-state index in [1.54, 1.807) is 6.08 Å². The molecule has 0 bridgehead atoms. The van der Waals surface area contributed by atoms with Crippen LogP contribution < -0.4 is 0 Å². The van der Waals surface area contributed by atoms with E-state index in [1.165, 1.54) is 13.2 Å². The summed E-state index contributed by atoms with van der Waals surface area (Å²) < 4.78 is 4.14. The standard InChI is InChI=1S/C8H9N.C4H6O2/c1-4-7(3)8(5-2)6-9;1-3-4(5)6-2/h4-5H,1-2H2,3H3;3H,1H2,2H3. The Morgan fingerprint density at radius 1 is 1.27 bits per heavy atom. The molecule has 0 radical (unpaired) electrons. The summed E-state index contributed by atoms with van der Waals surface area (Å²) in [6.07, 6.45) is 4.28. The Hall–Kier alpha value is -2.08. The normalized spacial score (nSPS) is 9.40. The third-order valence-corrected chi connectivity index (χ3v) is 1.42. The van der Waals surface area contributed by atoms with Crippen molar-refractivity contribution in [2.45, 2.75) is 6.92 Å². The molecule has 0 spiro atoms. The first-order valence-corrected chi connectivity index (χ1v) is 4.13. The first-order chi connectivity index (χ1) is 7.06. The molecule has 80 valence electrons. The van der Waals surface area contributed by atoms with Crippen molar-refractivity contribution >= 4 is 5.97 Å². The zero-order chi connectivity index (χ0) is 12.3. The summed E-state index contributed by atoms with van der Waals surface area (Å²) in [4.78, 5) is 9.84. The number of allylic oxidation sites excluding steroid dienone is 4. The van der Waals surface area contributed by atoms with E-state index in [0.29, 0.717) is 5.57 Å². The minimum Gasteiger partial charge on any atom is -0.466 e. The average Bonchev–Trinajstić information content (AvgIpc) is 2.30. The zero-order valence-electron chi connectivity index (χ0n) is 9.12. The van der Waals surface area contributed by atoms with Crippen molar-refractivity contribution in [3.63, 3.8) is 0 Å². The van der Waals surface area contributed by atoms with E-state index < -0.39 is 5.97 Å². The number of carbonyl (C=O) groups is 1.